The summed E-state index contributed by atoms with van der Waals surface area (Å²) in [6, 6.07) is 41.9. The van der Waals surface area contributed by atoms with Gasteiger partial charge < -0.3 is 0 Å². The summed E-state index contributed by atoms with van der Waals surface area (Å²) in [4.78, 5) is 20.4. The highest BCUT2D eigenvalue weighted by atomic mass is 127. The molecule has 0 bridgehead atoms. The lowest BCUT2D eigenvalue weighted by atomic mass is 9.98. The minimum absolute atomic E-state index is 0.860. The predicted molar refractivity (Wildman–Crippen MR) is 186 cm³/mol. The van der Waals surface area contributed by atoms with Crippen LogP contribution in [0.1, 0.15) is 25.3 Å². The van der Waals surface area contributed by atoms with Crippen LogP contribution in [0.4, 0.5) is 0 Å². The molecule has 0 amide bonds. The molecule has 5 heteroatoms. The van der Waals surface area contributed by atoms with Gasteiger partial charge in [-0.05, 0) is 77.4 Å². The molecule has 0 unspecified atom stereocenters. The highest BCUT2D eigenvalue weighted by Crippen LogP contribution is 2.35. The van der Waals surface area contributed by atoms with Gasteiger partial charge in [-0.3, -0.25) is 0 Å². The van der Waals surface area contributed by atoms with E-state index >= 15 is 0 Å². The Morgan fingerprint density at radius 1 is 0.442 bits per heavy atom. The van der Waals surface area contributed by atoms with E-state index in [9.17, 15) is 0 Å². The van der Waals surface area contributed by atoms with Gasteiger partial charge in [-0.25, -0.2) is 19.9 Å². The first-order chi connectivity index (χ1) is 21.2. The molecular formula is C38H29IN4. The van der Waals surface area contributed by atoms with Crippen LogP contribution in [-0.4, -0.2) is 19.9 Å². The fourth-order valence-electron chi connectivity index (χ4n) is 5.41. The van der Waals surface area contributed by atoms with Crippen LogP contribution < -0.4 is 0 Å². The SMILES string of the molecule is CCCCc1ccc(-c2nc3ccccc3nc2-c2ccc(-c3nc4ccccc4nc3-c3ccc(I)cc3)cc2)cc1. The fourth-order valence-corrected chi connectivity index (χ4v) is 5.77. The molecule has 0 N–H and O–H groups in total. The zero-order chi connectivity index (χ0) is 29.2. The molecule has 0 radical (unpaired) electrons. The quantitative estimate of drug-likeness (QED) is 0.159. The van der Waals surface area contributed by atoms with Crippen molar-refractivity contribution in [2.45, 2.75) is 26.2 Å². The molecule has 0 aliphatic heterocycles. The molecule has 7 rings (SSSR count). The molecule has 4 nitrogen and oxygen atoms in total. The minimum Gasteiger partial charge on any atom is -0.244 e. The summed E-state index contributed by atoms with van der Waals surface area (Å²) in [5.74, 6) is 0. The molecule has 5 aromatic carbocycles. The molecule has 7 aromatic rings. The molecule has 2 aromatic heterocycles. The van der Waals surface area contributed by atoms with Crippen molar-refractivity contribution in [1.29, 1.82) is 0 Å². The zero-order valence-corrected chi connectivity index (χ0v) is 26.0. The Hall–Kier alpha value is -4.49. The summed E-state index contributed by atoms with van der Waals surface area (Å²) in [5, 5.41) is 0. The number of para-hydroxylation sites is 4. The monoisotopic (exact) mass is 668 g/mol. The number of hydrogen-bond donors (Lipinski definition) is 0. The number of benzene rings is 5. The molecule has 0 saturated heterocycles. The second-order valence-electron chi connectivity index (χ2n) is 10.7. The third-order valence-electron chi connectivity index (χ3n) is 7.74. The van der Waals surface area contributed by atoms with Crippen LogP contribution in [0.2, 0.25) is 0 Å². The highest BCUT2D eigenvalue weighted by molar-refractivity contribution is 14.1. The van der Waals surface area contributed by atoms with Gasteiger partial charge in [0.15, 0.2) is 0 Å². The minimum atomic E-state index is 0.860. The summed E-state index contributed by atoms with van der Waals surface area (Å²) < 4.78 is 1.18. The van der Waals surface area contributed by atoms with Crippen LogP contribution >= 0.6 is 22.6 Å². The van der Waals surface area contributed by atoms with Crippen molar-refractivity contribution >= 4 is 44.7 Å². The van der Waals surface area contributed by atoms with Crippen molar-refractivity contribution < 1.29 is 0 Å². The number of rotatable bonds is 7. The smallest absolute Gasteiger partial charge is 0.0973 e. The largest absolute Gasteiger partial charge is 0.244 e. The molecule has 2 heterocycles. The van der Waals surface area contributed by atoms with Gasteiger partial charge in [0, 0.05) is 25.8 Å². The third-order valence-corrected chi connectivity index (χ3v) is 8.46. The van der Waals surface area contributed by atoms with E-state index in [1.807, 2.05) is 48.5 Å². The molecular weight excluding hydrogens is 639 g/mol. The van der Waals surface area contributed by atoms with E-state index in [1.165, 1.54) is 22.0 Å². The Kier molecular flexibility index (Phi) is 7.64. The lowest BCUT2D eigenvalue weighted by Gasteiger charge is -2.13. The maximum Gasteiger partial charge on any atom is 0.0973 e. The average Bonchev–Trinajstić information content (AvgIpc) is 3.07. The van der Waals surface area contributed by atoms with Crippen molar-refractivity contribution in [3.63, 3.8) is 0 Å². The van der Waals surface area contributed by atoms with Gasteiger partial charge in [0.1, 0.15) is 0 Å². The number of nitrogens with zero attached hydrogens (tertiary/aromatic N) is 4. The first-order valence-electron chi connectivity index (χ1n) is 14.7. The molecule has 0 fully saturated rings. The van der Waals surface area contributed by atoms with Crippen molar-refractivity contribution in [3.05, 3.63) is 130 Å². The summed E-state index contributed by atoms with van der Waals surface area (Å²) >= 11 is 2.33. The number of fused-ring (bicyclic) bond motifs is 2. The van der Waals surface area contributed by atoms with Gasteiger partial charge in [-0.2, -0.15) is 0 Å². The fraction of sp³-hybridized carbons (Fsp3) is 0.105. The number of unbranched alkanes of at least 4 members (excludes halogenated alkanes) is 1. The second kappa shape index (κ2) is 12.0. The predicted octanol–water partition coefficient (Wildman–Crippen LogP) is 10.2. The van der Waals surface area contributed by atoms with E-state index in [0.29, 0.717) is 0 Å². The summed E-state index contributed by atoms with van der Waals surface area (Å²) in [5.41, 5.74) is 12.5. The lowest BCUT2D eigenvalue weighted by Crippen LogP contribution is -1.97. The topological polar surface area (TPSA) is 51.6 Å². The Balaban J connectivity index is 1.33. The normalized spacial score (nSPS) is 11.3. The van der Waals surface area contributed by atoms with Gasteiger partial charge in [-0.1, -0.05) is 98.3 Å². The second-order valence-corrected chi connectivity index (χ2v) is 11.9. The maximum atomic E-state index is 5.12. The van der Waals surface area contributed by atoms with E-state index in [1.54, 1.807) is 0 Å². The molecule has 0 saturated carbocycles. The first kappa shape index (κ1) is 27.3. The lowest BCUT2D eigenvalue weighted by molar-refractivity contribution is 0.795. The molecule has 0 aliphatic rings. The van der Waals surface area contributed by atoms with Crippen LogP contribution in [0, 0.1) is 3.57 Å². The van der Waals surface area contributed by atoms with E-state index < -0.39 is 0 Å². The molecule has 43 heavy (non-hydrogen) atoms. The Morgan fingerprint density at radius 3 is 1.12 bits per heavy atom. The summed E-state index contributed by atoms with van der Waals surface area (Å²) in [6.07, 6.45) is 3.48. The van der Waals surface area contributed by atoms with Gasteiger partial charge in [0.25, 0.3) is 0 Å². The van der Waals surface area contributed by atoms with E-state index in [2.05, 4.69) is 102 Å². The maximum absolute atomic E-state index is 5.12. The summed E-state index contributed by atoms with van der Waals surface area (Å²) in [6.45, 7) is 2.23. The standard InChI is InChI=1S/C38H29IN4/c1-2-3-8-25-13-15-26(16-14-25)35-36(41-32-10-5-4-9-31(32)40-35)27-17-19-28(20-18-27)37-38(29-21-23-30(39)24-22-29)43-34-12-7-6-11-33(34)42-37/h4-7,9-24H,2-3,8H2,1H3. The number of halogens is 1. The van der Waals surface area contributed by atoms with Crippen LogP contribution in [0.25, 0.3) is 67.1 Å². The zero-order valence-electron chi connectivity index (χ0n) is 23.8. The van der Waals surface area contributed by atoms with Gasteiger partial charge in [0.05, 0.1) is 44.8 Å². The van der Waals surface area contributed by atoms with Crippen molar-refractivity contribution in [1.82, 2.24) is 19.9 Å². The van der Waals surface area contributed by atoms with Gasteiger partial charge in [-0.15, -0.1) is 0 Å². The highest BCUT2D eigenvalue weighted by Gasteiger charge is 2.16. The van der Waals surface area contributed by atoms with Gasteiger partial charge >= 0.3 is 0 Å². The van der Waals surface area contributed by atoms with Crippen LogP contribution in [0.15, 0.2) is 121 Å². The number of hydrogen-bond acceptors (Lipinski definition) is 4. The van der Waals surface area contributed by atoms with Crippen LogP contribution in [0.3, 0.4) is 0 Å². The average molecular weight is 669 g/mol. The summed E-state index contributed by atoms with van der Waals surface area (Å²) in [7, 11) is 0. The number of aryl methyl sites for hydroxylation is 1. The van der Waals surface area contributed by atoms with E-state index in [0.717, 1.165) is 73.5 Å². The van der Waals surface area contributed by atoms with E-state index in [-0.39, 0.29) is 0 Å². The van der Waals surface area contributed by atoms with E-state index in [4.69, 9.17) is 19.9 Å². The van der Waals surface area contributed by atoms with Crippen molar-refractivity contribution in [3.8, 4) is 45.0 Å². The molecule has 208 valence electrons. The molecule has 0 aliphatic carbocycles. The van der Waals surface area contributed by atoms with Crippen molar-refractivity contribution in [2.75, 3.05) is 0 Å². The van der Waals surface area contributed by atoms with Crippen LogP contribution in [-0.2, 0) is 6.42 Å². The van der Waals surface area contributed by atoms with Crippen LogP contribution in [0.5, 0.6) is 0 Å². The molecule has 0 atom stereocenters. The Labute approximate surface area is 265 Å². The number of aromatic nitrogens is 4. The third kappa shape index (κ3) is 5.65. The first-order valence-corrected chi connectivity index (χ1v) is 15.7. The molecule has 0 spiro atoms. The Morgan fingerprint density at radius 2 is 0.767 bits per heavy atom. The Bertz CT molecular complexity index is 2050. The van der Waals surface area contributed by atoms with Gasteiger partial charge in [0.2, 0.25) is 0 Å². The van der Waals surface area contributed by atoms with Crippen molar-refractivity contribution in [2.24, 2.45) is 0 Å².